The molecule has 3 heterocycles. The van der Waals surface area contributed by atoms with E-state index in [0.29, 0.717) is 17.4 Å². The van der Waals surface area contributed by atoms with Gasteiger partial charge in [-0.05, 0) is 48.0 Å². The third kappa shape index (κ3) is 5.57. The van der Waals surface area contributed by atoms with E-state index in [1.807, 2.05) is 43.6 Å². The van der Waals surface area contributed by atoms with Gasteiger partial charge in [-0.25, -0.2) is 19.3 Å². The van der Waals surface area contributed by atoms with Crippen molar-refractivity contribution in [3.05, 3.63) is 90.4 Å². The maximum Gasteiger partial charge on any atom is 0.273 e. The summed E-state index contributed by atoms with van der Waals surface area (Å²) in [5.41, 5.74) is 3.69. The van der Waals surface area contributed by atoms with Crippen LogP contribution in [-0.4, -0.2) is 43.8 Å². The highest BCUT2D eigenvalue weighted by atomic mass is 19.1. The van der Waals surface area contributed by atoms with Crippen LogP contribution in [0.1, 0.15) is 16.1 Å². The number of hydrogen-bond acceptors (Lipinski definition) is 7. The molecule has 0 aliphatic heterocycles. The summed E-state index contributed by atoms with van der Waals surface area (Å²) < 4.78 is 21.4. The monoisotopic (exact) mass is 507 g/mol. The van der Waals surface area contributed by atoms with Gasteiger partial charge < -0.3 is 15.4 Å². The lowest BCUT2D eigenvalue weighted by atomic mass is 10.1. The summed E-state index contributed by atoms with van der Waals surface area (Å²) in [5.74, 6) is 2.27. The SMILES string of the molecule is C#Cc1ccc2nc(Nc3cc(OCCNC(=O)c4ncccc4F)cc(-c4cnn(C)c4)c3)ncc2c1. The van der Waals surface area contributed by atoms with Crippen molar-refractivity contribution in [3.63, 3.8) is 0 Å². The maximum absolute atomic E-state index is 13.8. The third-order valence-electron chi connectivity index (χ3n) is 5.58. The molecule has 0 spiro atoms. The number of terminal acetylenes is 1. The number of rotatable bonds is 8. The molecule has 2 aromatic carbocycles. The summed E-state index contributed by atoms with van der Waals surface area (Å²) in [4.78, 5) is 25.0. The first kappa shape index (κ1) is 24.4. The number of hydrogen-bond donors (Lipinski definition) is 2. The predicted octanol–water partition coefficient (Wildman–Crippen LogP) is 4.10. The second-order valence-corrected chi connectivity index (χ2v) is 8.32. The topological polar surface area (TPSA) is 107 Å². The lowest BCUT2D eigenvalue weighted by Gasteiger charge is -2.12. The lowest BCUT2D eigenvalue weighted by Crippen LogP contribution is -2.29. The molecule has 188 valence electrons. The Morgan fingerprint density at radius 3 is 2.82 bits per heavy atom. The van der Waals surface area contributed by atoms with Gasteiger partial charge in [0.2, 0.25) is 5.95 Å². The molecule has 0 aliphatic carbocycles. The summed E-state index contributed by atoms with van der Waals surface area (Å²) in [6, 6.07) is 13.7. The molecule has 38 heavy (non-hydrogen) atoms. The van der Waals surface area contributed by atoms with E-state index in [0.717, 1.165) is 27.6 Å². The molecule has 5 rings (SSSR count). The zero-order chi connectivity index (χ0) is 26.5. The normalized spacial score (nSPS) is 10.7. The van der Waals surface area contributed by atoms with Crippen molar-refractivity contribution in [2.75, 3.05) is 18.5 Å². The van der Waals surface area contributed by atoms with Gasteiger partial charge in [0, 0.05) is 53.9 Å². The predicted molar refractivity (Wildman–Crippen MR) is 141 cm³/mol. The van der Waals surface area contributed by atoms with Crippen LogP contribution in [0.3, 0.4) is 0 Å². The fraction of sp³-hybridized carbons (Fsp3) is 0.107. The molecular weight excluding hydrogens is 485 g/mol. The number of carbonyl (C=O) groups is 1. The number of fused-ring (bicyclic) bond motifs is 1. The van der Waals surface area contributed by atoms with Crippen molar-refractivity contribution < 1.29 is 13.9 Å². The first-order valence-corrected chi connectivity index (χ1v) is 11.6. The van der Waals surface area contributed by atoms with Crippen molar-refractivity contribution in [1.29, 1.82) is 0 Å². The van der Waals surface area contributed by atoms with Crippen LogP contribution in [0.2, 0.25) is 0 Å². The lowest BCUT2D eigenvalue weighted by molar-refractivity contribution is 0.0937. The van der Waals surface area contributed by atoms with E-state index in [-0.39, 0.29) is 18.8 Å². The number of amides is 1. The van der Waals surface area contributed by atoms with E-state index in [9.17, 15) is 9.18 Å². The van der Waals surface area contributed by atoms with Crippen molar-refractivity contribution in [1.82, 2.24) is 30.0 Å². The summed E-state index contributed by atoms with van der Waals surface area (Å²) >= 11 is 0. The van der Waals surface area contributed by atoms with Gasteiger partial charge in [-0.2, -0.15) is 5.10 Å². The zero-order valence-electron chi connectivity index (χ0n) is 20.4. The molecule has 0 bridgehead atoms. The Kier molecular flexibility index (Phi) is 6.91. The standard InChI is InChI=1S/C28H22FN7O2/c1-3-18-6-7-25-20(11-18)15-32-28(35-25)34-22-12-19(21-16-33-36(2)17-21)13-23(14-22)38-10-9-31-27(37)26-24(29)5-4-8-30-26/h1,4-8,11-17H,9-10H2,2H3,(H,31,37)(H,32,34,35). The largest absolute Gasteiger partial charge is 0.492 e. The number of nitrogens with zero attached hydrogens (tertiary/aromatic N) is 5. The third-order valence-corrected chi connectivity index (χ3v) is 5.58. The number of pyridine rings is 1. The molecule has 0 fully saturated rings. The van der Waals surface area contributed by atoms with Gasteiger partial charge in [0.15, 0.2) is 11.5 Å². The first-order valence-electron chi connectivity index (χ1n) is 11.6. The molecule has 5 aromatic rings. The smallest absolute Gasteiger partial charge is 0.273 e. The van der Waals surface area contributed by atoms with Crippen LogP contribution < -0.4 is 15.4 Å². The second-order valence-electron chi connectivity index (χ2n) is 8.32. The fourth-order valence-corrected chi connectivity index (χ4v) is 3.77. The number of ether oxygens (including phenoxy) is 1. The van der Waals surface area contributed by atoms with Crippen LogP contribution in [0.15, 0.2) is 73.3 Å². The summed E-state index contributed by atoms with van der Waals surface area (Å²) in [5, 5.41) is 10.9. The number of anilines is 2. The Morgan fingerprint density at radius 1 is 1.13 bits per heavy atom. The van der Waals surface area contributed by atoms with Gasteiger partial charge >= 0.3 is 0 Å². The van der Waals surface area contributed by atoms with Crippen molar-refractivity contribution in [2.45, 2.75) is 0 Å². The molecular formula is C28H22FN7O2. The van der Waals surface area contributed by atoms with Gasteiger partial charge in [-0.1, -0.05) is 5.92 Å². The van der Waals surface area contributed by atoms with Gasteiger partial charge in [-0.3, -0.25) is 9.48 Å². The van der Waals surface area contributed by atoms with E-state index < -0.39 is 11.7 Å². The number of aryl methyl sites for hydroxylation is 1. The Balaban J connectivity index is 1.33. The van der Waals surface area contributed by atoms with Gasteiger partial charge in [-0.15, -0.1) is 6.42 Å². The highest BCUT2D eigenvalue weighted by Crippen LogP contribution is 2.30. The minimum Gasteiger partial charge on any atom is -0.492 e. The van der Waals surface area contributed by atoms with E-state index >= 15 is 0 Å². The van der Waals surface area contributed by atoms with Crippen LogP contribution in [0, 0.1) is 18.2 Å². The summed E-state index contributed by atoms with van der Waals surface area (Å²) in [6.45, 7) is 0.308. The second kappa shape index (κ2) is 10.8. The Labute approximate surface area is 217 Å². The molecule has 2 N–H and O–H groups in total. The van der Waals surface area contributed by atoms with Crippen molar-refractivity contribution in [3.8, 4) is 29.2 Å². The van der Waals surface area contributed by atoms with Crippen LogP contribution in [-0.2, 0) is 7.05 Å². The van der Waals surface area contributed by atoms with Gasteiger partial charge in [0.05, 0.1) is 18.3 Å². The molecule has 3 aromatic heterocycles. The minimum absolute atomic E-state index is 0.153. The minimum atomic E-state index is -0.682. The quantitative estimate of drug-likeness (QED) is 0.241. The van der Waals surface area contributed by atoms with Crippen LogP contribution in [0.25, 0.3) is 22.0 Å². The maximum atomic E-state index is 13.8. The molecule has 10 heteroatoms. The van der Waals surface area contributed by atoms with Crippen molar-refractivity contribution >= 4 is 28.4 Å². The number of halogens is 1. The van der Waals surface area contributed by atoms with E-state index in [1.54, 1.807) is 23.1 Å². The average molecular weight is 508 g/mol. The van der Waals surface area contributed by atoms with Gasteiger partial charge in [0.1, 0.15) is 12.4 Å². The highest BCUT2D eigenvalue weighted by molar-refractivity contribution is 5.92. The number of benzene rings is 2. The molecule has 9 nitrogen and oxygen atoms in total. The molecule has 0 saturated heterocycles. The van der Waals surface area contributed by atoms with E-state index in [2.05, 4.69) is 36.6 Å². The molecule has 0 aliphatic rings. The summed E-state index contributed by atoms with van der Waals surface area (Å²) in [7, 11) is 1.84. The Bertz CT molecular complexity index is 1680. The number of nitrogens with one attached hydrogen (secondary N) is 2. The Hall–Kier alpha value is -5.30. The zero-order valence-corrected chi connectivity index (χ0v) is 20.4. The van der Waals surface area contributed by atoms with E-state index in [4.69, 9.17) is 11.2 Å². The number of aromatic nitrogens is 5. The molecule has 0 saturated carbocycles. The number of carbonyl (C=O) groups excluding carboxylic acids is 1. The molecule has 1 amide bonds. The Morgan fingerprint density at radius 2 is 2.03 bits per heavy atom. The van der Waals surface area contributed by atoms with Crippen LogP contribution in [0.5, 0.6) is 5.75 Å². The van der Waals surface area contributed by atoms with Crippen molar-refractivity contribution in [2.24, 2.45) is 7.05 Å². The first-order chi connectivity index (χ1) is 18.5. The highest BCUT2D eigenvalue weighted by Gasteiger charge is 2.12. The van der Waals surface area contributed by atoms with E-state index in [1.165, 1.54) is 18.3 Å². The molecule has 0 radical (unpaired) electrons. The summed E-state index contributed by atoms with van der Waals surface area (Å²) in [6.07, 6.45) is 12.2. The van der Waals surface area contributed by atoms with Crippen LogP contribution >= 0.6 is 0 Å². The van der Waals surface area contributed by atoms with Crippen LogP contribution in [0.4, 0.5) is 16.0 Å². The fourth-order valence-electron chi connectivity index (χ4n) is 3.77. The molecule has 0 unspecified atom stereocenters. The van der Waals surface area contributed by atoms with Gasteiger partial charge in [0.25, 0.3) is 5.91 Å². The molecule has 0 atom stereocenters. The average Bonchev–Trinajstić information content (AvgIpc) is 3.37.